The summed E-state index contributed by atoms with van der Waals surface area (Å²) in [7, 11) is 5.70. The molecule has 44 heavy (non-hydrogen) atoms. The van der Waals surface area contributed by atoms with E-state index in [9.17, 15) is 24.9 Å². The first-order valence-electron chi connectivity index (χ1n) is 16.1. The lowest BCUT2D eigenvalue weighted by Gasteiger charge is -2.45. The third-order valence-electron chi connectivity index (χ3n) is 10.3. The molecular weight excluding hydrogens is 572 g/mol. The van der Waals surface area contributed by atoms with Crippen molar-refractivity contribution in [1.29, 1.82) is 0 Å². The van der Waals surface area contributed by atoms with Gasteiger partial charge in [-0.15, -0.1) is 0 Å². The van der Waals surface area contributed by atoms with Crippen LogP contribution in [-0.4, -0.2) is 131 Å². The van der Waals surface area contributed by atoms with E-state index in [1.807, 2.05) is 58.6 Å². The number of carbonyl (C=O) groups excluding carboxylic acids is 2. The molecule has 256 valence electrons. The molecule has 3 aliphatic rings. The topological polar surface area (TPSA) is 147 Å². The zero-order valence-corrected chi connectivity index (χ0v) is 28.8. The monoisotopic (exact) mass is 630 g/mol. The second kappa shape index (κ2) is 13.8. The summed E-state index contributed by atoms with van der Waals surface area (Å²) >= 11 is 0. The van der Waals surface area contributed by atoms with E-state index in [4.69, 9.17) is 23.7 Å². The summed E-state index contributed by atoms with van der Waals surface area (Å²) in [6.07, 6.45) is -3.62. The van der Waals surface area contributed by atoms with E-state index in [1.165, 1.54) is 20.8 Å². The van der Waals surface area contributed by atoms with E-state index in [0.29, 0.717) is 19.4 Å². The summed E-state index contributed by atoms with van der Waals surface area (Å²) in [6.45, 7) is 16.1. The number of fused-ring (bicyclic) bond motifs is 2. The van der Waals surface area contributed by atoms with Crippen LogP contribution in [0.2, 0.25) is 0 Å². The molecule has 12 heteroatoms. The molecule has 12 nitrogen and oxygen atoms in total. The molecule has 0 unspecified atom stereocenters. The number of esters is 2. The van der Waals surface area contributed by atoms with Gasteiger partial charge in [0.1, 0.15) is 23.7 Å². The minimum Gasteiger partial charge on any atom is -0.459 e. The molecule has 3 rings (SSSR count). The number of hydrogen-bond acceptors (Lipinski definition) is 12. The fourth-order valence-corrected chi connectivity index (χ4v) is 7.64. The highest BCUT2D eigenvalue weighted by atomic mass is 16.7. The molecule has 0 amide bonds. The third kappa shape index (κ3) is 7.27. The zero-order chi connectivity index (χ0) is 33.5. The number of nitrogens with zero attached hydrogens (tertiary/aromatic N) is 2. The van der Waals surface area contributed by atoms with Crippen molar-refractivity contribution < 1.29 is 48.6 Å². The maximum atomic E-state index is 13.6. The first-order valence-corrected chi connectivity index (χ1v) is 16.1. The lowest BCUT2D eigenvalue weighted by Crippen LogP contribution is -2.59. The van der Waals surface area contributed by atoms with Crippen molar-refractivity contribution >= 4 is 11.9 Å². The number of aliphatic hydroxyl groups is 3. The minimum absolute atomic E-state index is 0.0255. The number of likely N-dealkylation sites (N-methyl/N-ethyl adjacent to an activating group) is 2. The Hall–Kier alpha value is -1.38. The fraction of sp³-hybridized carbons (Fsp3) is 0.938. The average molecular weight is 631 g/mol. The molecular formula is C32H58N2O10. The molecule has 3 N–H and O–H groups in total. The van der Waals surface area contributed by atoms with Gasteiger partial charge >= 0.3 is 11.9 Å². The van der Waals surface area contributed by atoms with Gasteiger partial charge in [-0.2, -0.15) is 0 Å². The molecule has 0 aromatic rings. The van der Waals surface area contributed by atoms with Crippen molar-refractivity contribution in [1.82, 2.24) is 9.80 Å². The number of hydrogen-bond donors (Lipinski definition) is 3. The van der Waals surface area contributed by atoms with Crippen molar-refractivity contribution in [3.05, 3.63) is 0 Å². The molecule has 0 spiro atoms. The fourth-order valence-electron chi connectivity index (χ4n) is 7.64. The van der Waals surface area contributed by atoms with Gasteiger partial charge in [0.05, 0.1) is 23.9 Å². The van der Waals surface area contributed by atoms with Crippen LogP contribution in [0.3, 0.4) is 0 Å². The average Bonchev–Trinajstić information content (AvgIpc) is 3.10. The summed E-state index contributed by atoms with van der Waals surface area (Å²) in [4.78, 5) is 29.8. The highest BCUT2D eigenvalue weighted by Gasteiger charge is 2.64. The molecule has 3 aliphatic heterocycles. The first kappa shape index (κ1) is 37.1. The largest absolute Gasteiger partial charge is 0.459 e. The molecule has 0 aromatic carbocycles. The summed E-state index contributed by atoms with van der Waals surface area (Å²) in [5.41, 5.74) is -2.84. The Balaban J connectivity index is 2.07. The Kier molecular flexibility index (Phi) is 11.6. The first-order chi connectivity index (χ1) is 20.2. The SMILES string of the molecule is CC[C@H]1OC(=O)[C@H](C)[C@@]2(O)O[C@@](C)(C[C@@H](C)CN(C)[C@H](C)[C@@H](O)[C@]1(C)O)[C@H](O[C@@H]1O[C@H](C)C[C@H](N(C)C)[C@H]1OC(C)=O)[C@H]2C. The highest BCUT2D eigenvalue weighted by Crippen LogP contribution is 2.50. The van der Waals surface area contributed by atoms with Gasteiger partial charge in [-0.25, -0.2) is 0 Å². The van der Waals surface area contributed by atoms with Gasteiger partial charge in [-0.05, 0) is 80.9 Å². The number of aliphatic hydroxyl groups excluding tert-OH is 1. The number of ether oxygens (including phenoxy) is 5. The second-order valence-electron chi connectivity index (χ2n) is 14.4. The highest BCUT2D eigenvalue weighted by molar-refractivity contribution is 5.73. The molecule has 0 aliphatic carbocycles. The number of rotatable bonds is 5. The molecule has 3 saturated heterocycles. The van der Waals surface area contributed by atoms with Gasteiger partial charge in [0.2, 0.25) is 0 Å². The molecule has 2 bridgehead atoms. The molecule has 3 fully saturated rings. The minimum atomic E-state index is -2.00. The van der Waals surface area contributed by atoms with Crippen LogP contribution < -0.4 is 0 Å². The summed E-state index contributed by atoms with van der Waals surface area (Å²) in [6, 6.07) is -0.643. The van der Waals surface area contributed by atoms with Crippen LogP contribution in [0.25, 0.3) is 0 Å². The molecule has 3 heterocycles. The lowest BCUT2D eigenvalue weighted by molar-refractivity contribution is -0.289. The van der Waals surface area contributed by atoms with E-state index in [2.05, 4.69) is 0 Å². The Morgan fingerprint density at radius 1 is 1.14 bits per heavy atom. The third-order valence-corrected chi connectivity index (χ3v) is 10.3. The van der Waals surface area contributed by atoms with Gasteiger partial charge in [-0.1, -0.05) is 20.8 Å². The van der Waals surface area contributed by atoms with E-state index < -0.39 is 77.5 Å². The maximum Gasteiger partial charge on any atom is 0.314 e. The lowest BCUT2D eigenvalue weighted by atomic mass is 9.80. The quantitative estimate of drug-likeness (QED) is 0.381. The predicted molar refractivity (Wildman–Crippen MR) is 162 cm³/mol. The van der Waals surface area contributed by atoms with Gasteiger partial charge in [0.15, 0.2) is 18.2 Å². The van der Waals surface area contributed by atoms with Crippen molar-refractivity contribution in [2.24, 2.45) is 17.8 Å². The van der Waals surface area contributed by atoms with Crippen LogP contribution >= 0.6 is 0 Å². The van der Waals surface area contributed by atoms with Crippen LogP contribution in [0.5, 0.6) is 0 Å². The Labute approximate surface area is 263 Å². The van der Waals surface area contributed by atoms with Crippen LogP contribution in [0.15, 0.2) is 0 Å². The summed E-state index contributed by atoms with van der Waals surface area (Å²) < 4.78 is 31.1. The smallest absolute Gasteiger partial charge is 0.314 e. The van der Waals surface area contributed by atoms with Crippen LogP contribution in [0.4, 0.5) is 0 Å². The van der Waals surface area contributed by atoms with Crippen molar-refractivity contribution in [3.63, 3.8) is 0 Å². The Morgan fingerprint density at radius 2 is 1.75 bits per heavy atom. The Morgan fingerprint density at radius 3 is 2.30 bits per heavy atom. The Bertz CT molecular complexity index is 1010. The zero-order valence-electron chi connectivity index (χ0n) is 28.8. The van der Waals surface area contributed by atoms with Crippen LogP contribution in [0.1, 0.15) is 81.6 Å². The molecule has 0 aromatic heterocycles. The molecule has 0 radical (unpaired) electrons. The van der Waals surface area contributed by atoms with Crippen molar-refractivity contribution in [2.45, 2.75) is 147 Å². The van der Waals surface area contributed by atoms with Gasteiger partial charge in [0.25, 0.3) is 0 Å². The number of carbonyl (C=O) groups is 2. The van der Waals surface area contributed by atoms with Crippen LogP contribution in [0, 0.1) is 17.8 Å². The number of cyclic esters (lactones) is 1. The summed E-state index contributed by atoms with van der Waals surface area (Å²) in [5.74, 6) is -5.16. The summed E-state index contributed by atoms with van der Waals surface area (Å²) in [5, 5.41) is 34.8. The van der Waals surface area contributed by atoms with E-state index >= 15 is 0 Å². The second-order valence-corrected chi connectivity index (χ2v) is 14.4. The standard InChI is InChI=1S/C32H58N2O10/c1-13-24-31(9,38)26(36)21(6)34(12)16-17(2)15-30(8)27(19(4)32(39,44-30)20(5)28(37)42-24)43-29-25(41-22(7)35)23(33(10)11)14-18(3)40-29/h17-21,23-27,29,36,38-39H,13-16H2,1-12H3/t17-,18-,19-,20+,21-,23+,24-,25-,26-,27-,29+,30+,31-,32+/m1/s1. The normalized spacial score (nSPS) is 48.1. The van der Waals surface area contributed by atoms with E-state index in [-0.39, 0.29) is 24.5 Å². The maximum absolute atomic E-state index is 13.6. The van der Waals surface area contributed by atoms with Crippen molar-refractivity contribution in [2.75, 3.05) is 27.7 Å². The van der Waals surface area contributed by atoms with E-state index in [1.54, 1.807) is 13.8 Å². The van der Waals surface area contributed by atoms with E-state index in [0.717, 1.165) is 0 Å². The van der Waals surface area contributed by atoms with Gasteiger partial charge in [-0.3, -0.25) is 9.59 Å². The molecule has 0 saturated carbocycles. The van der Waals surface area contributed by atoms with Crippen LogP contribution in [-0.2, 0) is 33.3 Å². The van der Waals surface area contributed by atoms with Gasteiger partial charge in [0, 0.05) is 25.4 Å². The predicted octanol–water partition coefficient (Wildman–Crippen LogP) is 1.91. The van der Waals surface area contributed by atoms with Gasteiger partial charge < -0.3 is 48.8 Å². The molecule has 14 atom stereocenters. The van der Waals surface area contributed by atoms with Crippen molar-refractivity contribution in [3.8, 4) is 0 Å².